The molecule has 1 aromatic rings. The molecule has 0 aliphatic carbocycles. The maximum absolute atomic E-state index is 8.92. The Bertz CT molecular complexity index is 480. The first-order chi connectivity index (χ1) is 9.76. The standard InChI is InChI=1S/C16H22N2O2/c1-3-4-14-10-13(7-8-20-14)18-15-6-5-12(11-17)9-16(15)19-2/h5-6,9,13-14,18H,3-4,7-8,10H2,1-2H3. The van der Waals surface area contributed by atoms with Gasteiger partial charge < -0.3 is 14.8 Å². The molecular weight excluding hydrogens is 252 g/mol. The van der Waals surface area contributed by atoms with Crippen LogP contribution in [-0.4, -0.2) is 25.9 Å². The monoisotopic (exact) mass is 274 g/mol. The number of nitriles is 1. The van der Waals surface area contributed by atoms with Gasteiger partial charge in [0.25, 0.3) is 0 Å². The molecular formula is C16H22N2O2. The Morgan fingerprint density at radius 1 is 1.50 bits per heavy atom. The number of hydrogen-bond donors (Lipinski definition) is 1. The third-order valence-electron chi connectivity index (χ3n) is 3.67. The average Bonchev–Trinajstić information content (AvgIpc) is 2.48. The summed E-state index contributed by atoms with van der Waals surface area (Å²) in [7, 11) is 1.63. The predicted octanol–water partition coefficient (Wildman–Crippen LogP) is 3.33. The van der Waals surface area contributed by atoms with Gasteiger partial charge in [-0.25, -0.2) is 0 Å². The van der Waals surface area contributed by atoms with Crippen LogP contribution < -0.4 is 10.1 Å². The van der Waals surface area contributed by atoms with Gasteiger partial charge in [0.2, 0.25) is 0 Å². The number of anilines is 1. The largest absolute Gasteiger partial charge is 0.495 e. The van der Waals surface area contributed by atoms with Gasteiger partial charge in [-0.05, 0) is 31.4 Å². The Balaban J connectivity index is 2.04. The van der Waals surface area contributed by atoms with Gasteiger partial charge in [-0.3, -0.25) is 0 Å². The van der Waals surface area contributed by atoms with Crippen molar-refractivity contribution in [2.75, 3.05) is 19.0 Å². The van der Waals surface area contributed by atoms with Crippen molar-refractivity contribution in [1.29, 1.82) is 5.26 Å². The van der Waals surface area contributed by atoms with Crippen LogP contribution in [0.4, 0.5) is 5.69 Å². The fourth-order valence-electron chi connectivity index (χ4n) is 2.63. The first kappa shape index (κ1) is 14.7. The van der Waals surface area contributed by atoms with Gasteiger partial charge in [-0.1, -0.05) is 13.3 Å². The zero-order valence-electron chi connectivity index (χ0n) is 12.2. The van der Waals surface area contributed by atoms with E-state index in [4.69, 9.17) is 14.7 Å². The van der Waals surface area contributed by atoms with Crippen molar-refractivity contribution in [2.45, 2.75) is 44.8 Å². The van der Waals surface area contributed by atoms with Crippen LogP contribution in [0.2, 0.25) is 0 Å². The van der Waals surface area contributed by atoms with E-state index in [0.717, 1.165) is 43.7 Å². The molecule has 0 radical (unpaired) electrons. The molecule has 0 amide bonds. The molecule has 1 aliphatic rings. The second kappa shape index (κ2) is 7.16. The molecule has 1 aliphatic heterocycles. The van der Waals surface area contributed by atoms with Gasteiger partial charge >= 0.3 is 0 Å². The Kier molecular flexibility index (Phi) is 5.25. The number of ether oxygens (including phenoxy) is 2. The summed E-state index contributed by atoms with van der Waals surface area (Å²) < 4.78 is 11.1. The van der Waals surface area contributed by atoms with Crippen LogP contribution in [0.25, 0.3) is 0 Å². The first-order valence-electron chi connectivity index (χ1n) is 7.23. The minimum absolute atomic E-state index is 0.357. The predicted molar refractivity (Wildman–Crippen MR) is 79.0 cm³/mol. The highest BCUT2D eigenvalue weighted by Gasteiger charge is 2.22. The topological polar surface area (TPSA) is 54.3 Å². The summed E-state index contributed by atoms with van der Waals surface area (Å²) in [5.74, 6) is 0.725. The fourth-order valence-corrected chi connectivity index (χ4v) is 2.63. The molecule has 0 bridgehead atoms. The molecule has 20 heavy (non-hydrogen) atoms. The van der Waals surface area contributed by atoms with E-state index >= 15 is 0 Å². The van der Waals surface area contributed by atoms with Crippen molar-refractivity contribution in [2.24, 2.45) is 0 Å². The Hall–Kier alpha value is -1.73. The molecule has 2 atom stereocenters. The molecule has 1 heterocycles. The number of methoxy groups -OCH3 is 1. The highest BCUT2D eigenvalue weighted by atomic mass is 16.5. The number of nitrogens with one attached hydrogen (secondary N) is 1. The van der Waals surface area contributed by atoms with Gasteiger partial charge in [0, 0.05) is 18.7 Å². The fraction of sp³-hybridized carbons (Fsp3) is 0.562. The van der Waals surface area contributed by atoms with Gasteiger partial charge in [-0.2, -0.15) is 5.26 Å². The third-order valence-corrected chi connectivity index (χ3v) is 3.67. The molecule has 108 valence electrons. The number of benzene rings is 1. The van der Waals surface area contributed by atoms with E-state index in [9.17, 15) is 0 Å². The van der Waals surface area contributed by atoms with Crippen molar-refractivity contribution >= 4 is 5.69 Å². The van der Waals surface area contributed by atoms with E-state index in [1.807, 2.05) is 12.1 Å². The molecule has 1 aromatic carbocycles. The van der Waals surface area contributed by atoms with Crippen molar-refractivity contribution in [1.82, 2.24) is 0 Å². The van der Waals surface area contributed by atoms with Crippen LogP contribution in [0, 0.1) is 11.3 Å². The molecule has 2 rings (SSSR count). The van der Waals surface area contributed by atoms with Crippen LogP contribution in [0.5, 0.6) is 5.75 Å². The highest BCUT2D eigenvalue weighted by molar-refractivity contribution is 5.60. The zero-order chi connectivity index (χ0) is 14.4. The van der Waals surface area contributed by atoms with Crippen molar-refractivity contribution in [3.63, 3.8) is 0 Å². The molecule has 0 saturated carbocycles. The third kappa shape index (κ3) is 3.64. The van der Waals surface area contributed by atoms with Gasteiger partial charge in [0.05, 0.1) is 30.5 Å². The van der Waals surface area contributed by atoms with E-state index in [2.05, 4.69) is 18.3 Å². The van der Waals surface area contributed by atoms with Crippen LogP contribution in [0.15, 0.2) is 18.2 Å². The minimum atomic E-state index is 0.357. The van der Waals surface area contributed by atoms with E-state index in [-0.39, 0.29) is 0 Å². The molecule has 2 unspecified atom stereocenters. The number of rotatable bonds is 5. The number of nitrogens with zero attached hydrogens (tertiary/aromatic N) is 1. The Morgan fingerprint density at radius 3 is 3.05 bits per heavy atom. The smallest absolute Gasteiger partial charge is 0.143 e. The lowest BCUT2D eigenvalue weighted by Crippen LogP contribution is -2.34. The van der Waals surface area contributed by atoms with Crippen LogP contribution >= 0.6 is 0 Å². The Morgan fingerprint density at radius 2 is 2.35 bits per heavy atom. The molecule has 1 saturated heterocycles. The van der Waals surface area contributed by atoms with Crippen molar-refractivity contribution < 1.29 is 9.47 Å². The van der Waals surface area contributed by atoms with E-state index in [0.29, 0.717) is 17.7 Å². The van der Waals surface area contributed by atoms with Gasteiger partial charge in [-0.15, -0.1) is 0 Å². The molecule has 0 spiro atoms. The lowest BCUT2D eigenvalue weighted by atomic mass is 9.99. The molecule has 1 fully saturated rings. The number of hydrogen-bond acceptors (Lipinski definition) is 4. The highest BCUT2D eigenvalue weighted by Crippen LogP contribution is 2.29. The molecule has 4 heteroatoms. The SMILES string of the molecule is CCCC1CC(Nc2ccc(C#N)cc2OC)CCO1. The molecule has 4 nitrogen and oxygen atoms in total. The molecule has 0 aromatic heterocycles. The maximum atomic E-state index is 8.92. The summed E-state index contributed by atoms with van der Waals surface area (Å²) in [6.45, 7) is 2.99. The molecule has 1 N–H and O–H groups in total. The van der Waals surface area contributed by atoms with Crippen molar-refractivity contribution in [3.05, 3.63) is 23.8 Å². The summed E-state index contributed by atoms with van der Waals surface area (Å²) in [5.41, 5.74) is 1.57. The lowest BCUT2D eigenvalue weighted by molar-refractivity contribution is 0.00595. The second-order valence-corrected chi connectivity index (χ2v) is 5.17. The maximum Gasteiger partial charge on any atom is 0.143 e. The van der Waals surface area contributed by atoms with E-state index < -0.39 is 0 Å². The first-order valence-corrected chi connectivity index (χ1v) is 7.23. The quantitative estimate of drug-likeness (QED) is 0.894. The lowest BCUT2D eigenvalue weighted by Gasteiger charge is -2.31. The average molecular weight is 274 g/mol. The van der Waals surface area contributed by atoms with E-state index in [1.54, 1.807) is 13.2 Å². The Labute approximate surface area is 120 Å². The van der Waals surface area contributed by atoms with Crippen LogP contribution in [0.3, 0.4) is 0 Å². The van der Waals surface area contributed by atoms with Crippen LogP contribution in [-0.2, 0) is 4.74 Å². The normalized spacial score (nSPS) is 22.1. The zero-order valence-corrected chi connectivity index (χ0v) is 12.2. The summed E-state index contributed by atoms with van der Waals surface area (Å²) in [4.78, 5) is 0. The summed E-state index contributed by atoms with van der Waals surface area (Å²) in [6.07, 6.45) is 4.65. The minimum Gasteiger partial charge on any atom is -0.495 e. The van der Waals surface area contributed by atoms with Crippen molar-refractivity contribution in [3.8, 4) is 11.8 Å². The summed E-state index contributed by atoms with van der Waals surface area (Å²) in [5, 5.41) is 12.4. The summed E-state index contributed by atoms with van der Waals surface area (Å²) >= 11 is 0. The second-order valence-electron chi connectivity index (χ2n) is 5.17. The van der Waals surface area contributed by atoms with Crippen LogP contribution in [0.1, 0.15) is 38.2 Å². The van der Waals surface area contributed by atoms with Gasteiger partial charge in [0.1, 0.15) is 5.75 Å². The van der Waals surface area contributed by atoms with Gasteiger partial charge in [0.15, 0.2) is 0 Å². The summed E-state index contributed by atoms with van der Waals surface area (Å²) in [6, 6.07) is 8.03. The van der Waals surface area contributed by atoms with E-state index in [1.165, 1.54) is 0 Å².